The molecule has 13 heteroatoms. The second-order valence-corrected chi connectivity index (χ2v) is 10.3. The number of nitrogens with two attached hydrogens (primary N) is 1. The SMILES string of the molecule is CO[C@H]1[C@@H](OC(C)S(=O)(=O)c2ccc(Br)cc2)[C@H](n2cnc3c(N)ncnc32)O[C@@H]1CO. The van der Waals surface area contributed by atoms with Crippen molar-refractivity contribution in [1.29, 1.82) is 0 Å². The monoisotopic (exact) mass is 527 g/mol. The molecule has 1 saturated heterocycles. The number of imidazole rings is 1. The summed E-state index contributed by atoms with van der Waals surface area (Å²) in [4.78, 5) is 12.5. The van der Waals surface area contributed by atoms with Crippen molar-refractivity contribution >= 4 is 42.7 Å². The van der Waals surface area contributed by atoms with Crippen LogP contribution in [-0.4, -0.2) is 70.5 Å². The van der Waals surface area contributed by atoms with Crippen molar-refractivity contribution in [2.45, 2.75) is 41.8 Å². The molecule has 2 aromatic heterocycles. The summed E-state index contributed by atoms with van der Waals surface area (Å²) >= 11 is 3.30. The van der Waals surface area contributed by atoms with Crippen molar-refractivity contribution < 1.29 is 27.7 Å². The quantitative estimate of drug-likeness (QED) is 0.459. The number of methoxy groups -OCH3 is 1. The molecule has 1 aliphatic heterocycles. The summed E-state index contributed by atoms with van der Waals surface area (Å²) < 4.78 is 46.1. The van der Waals surface area contributed by atoms with E-state index in [2.05, 4.69) is 30.9 Å². The van der Waals surface area contributed by atoms with Gasteiger partial charge in [-0.2, -0.15) is 0 Å². The second kappa shape index (κ2) is 9.00. The molecule has 0 bridgehead atoms. The minimum absolute atomic E-state index is 0.116. The van der Waals surface area contributed by atoms with Crippen molar-refractivity contribution in [3.8, 4) is 0 Å². The van der Waals surface area contributed by atoms with Crippen LogP contribution in [0.5, 0.6) is 0 Å². The van der Waals surface area contributed by atoms with E-state index in [-0.39, 0.29) is 17.3 Å². The molecule has 0 aliphatic carbocycles. The molecule has 11 nitrogen and oxygen atoms in total. The number of nitrogen functional groups attached to an aromatic ring is 1. The molecule has 4 rings (SSSR count). The highest BCUT2D eigenvalue weighted by Crippen LogP contribution is 2.37. The summed E-state index contributed by atoms with van der Waals surface area (Å²) in [6.07, 6.45) is -0.529. The minimum atomic E-state index is -3.83. The number of aliphatic hydroxyl groups excluding tert-OH is 1. The van der Waals surface area contributed by atoms with E-state index in [0.717, 1.165) is 4.47 Å². The predicted octanol–water partition coefficient (Wildman–Crippen LogP) is 1.28. The zero-order valence-corrected chi connectivity index (χ0v) is 19.6. The molecule has 0 saturated carbocycles. The molecular formula is C19H22BrN5O6S. The van der Waals surface area contributed by atoms with E-state index in [1.54, 1.807) is 16.7 Å². The summed E-state index contributed by atoms with van der Waals surface area (Å²) in [6.45, 7) is 1.09. The molecule has 1 unspecified atom stereocenters. The molecule has 5 atom stereocenters. The molecule has 3 N–H and O–H groups in total. The largest absolute Gasteiger partial charge is 0.394 e. The maximum absolute atomic E-state index is 13.1. The van der Waals surface area contributed by atoms with E-state index in [1.165, 1.54) is 38.8 Å². The number of fused-ring (bicyclic) bond motifs is 1. The molecule has 1 aromatic carbocycles. The maximum Gasteiger partial charge on any atom is 0.204 e. The van der Waals surface area contributed by atoms with Gasteiger partial charge < -0.3 is 25.1 Å². The van der Waals surface area contributed by atoms with Crippen LogP contribution < -0.4 is 5.73 Å². The van der Waals surface area contributed by atoms with Gasteiger partial charge >= 0.3 is 0 Å². The van der Waals surface area contributed by atoms with Gasteiger partial charge in [-0.15, -0.1) is 0 Å². The highest BCUT2D eigenvalue weighted by Gasteiger charge is 2.49. The van der Waals surface area contributed by atoms with Crippen LogP contribution in [0.15, 0.2) is 46.3 Å². The van der Waals surface area contributed by atoms with Gasteiger partial charge in [0.05, 0.1) is 17.8 Å². The molecule has 0 radical (unpaired) electrons. The molecule has 1 aliphatic rings. The summed E-state index contributed by atoms with van der Waals surface area (Å²) in [5.74, 6) is 0.192. The normalized spacial score (nSPS) is 24.8. The van der Waals surface area contributed by atoms with Crippen LogP contribution in [-0.2, 0) is 24.0 Å². The molecule has 1 fully saturated rings. The number of ether oxygens (including phenoxy) is 3. The van der Waals surface area contributed by atoms with Crippen molar-refractivity contribution in [2.24, 2.45) is 0 Å². The zero-order valence-electron chi connectivity index (χ0n) is 17.2. The number of aliphatic hydroxyl groups is 1. The van der Waals surface area contributed by atoms with Gasteiger partial charge in [0.25, 0.3) is 0 Å². The van der Waals surface area contributed by atoms with Gasteiger partial charge in [0, 0.05) is 11.6 Å². The first kappa shape index (κ1) is 23.0. The number of hydrogen-bond donors (Lipinski definition) is 2. The first-order valence-corrected chi connectivity index (χ1v) is 12.0. The smallest absolute Gasteiger partial charge is 0.204 e. The average Bonchev–Trinajstić information content (AvgIpc) is 3.35. The zero-order chi connectivity index (χ0) is 23.0. The number of halogens is 1. The van der Waals surface area contributed by atoms with E-state index >= 15 is 0 Å². The topological polar surface area (TPSA) is 152 Å². The molecule has 32 heavy (non-hydrogen) atoms. The molecule has 3 heterocycles. The number of sulfone groups is 1. The Balaban J connectivity index is 1.69. The predicted molar refractivity (Wildman–Crippen MR) is 117 cm³/mol. The fourth-order valence-electron chi connectivity index (χ4n) is 3.68. The third kappa shape index (κ3) is 4.00. The van der Waals surface area contributed by atoms with Gasteiger partial charge in [-0.3, -0.25) is 4.57 Å². The van der Waals surface area contributed by atoms with Gasteiger partial charge in [-0.25, -0.2) is 23.4 Å². The van der Waals surface area contributed by atoms with Gasteiger partial charge in [0.1, 0.15) is 30.2 Å². The van der Waals surface area contributed by atoms with Crippen LogP contribution in [0, 0.1) is 0 Å². The van der Waals surface area contributed by atoms with E-state index < -0.39 is 39.8 Å². The van der Waals surface area contributed by atoms with Crippen molar-refractivity contribution in [3.05, 3.63) is 41.4 Å². The van der Waals surface area contributed by atoms with Gasteiger partial charge in [0.15, 0.2) is 23.1 Å². The average molecular weight is 528 g/mol. The minimum Gasteiger partial charge on any atom is -0.394 e. The third-order valence-electron chi connectivity index (χ3n) is 5.33. The summed E-state index contributed by atoms with van der Waals surface area (Å²) in [5, 5.41) is 9.80. The number of aromatic nitrogens is 4. The molecule has 172 valence electrons. The van der Waals surface area contributed by atoms with Gasteiger partial charge in [-0.1, -0.05) is 15.9 Å². The Kier molecular flexibility index (Phi) is 6.47. The van der Waals surface area contributed by atoms with Gasteiger partial charge in [-0.05, 0) is 31.2 Å². The van der Waals surface area contributed by atoms with Gasteiger partial charge in [0.2, 0.25) is 9.84 Å². The number of nitrogens with zero attached hydrogens (tertiary/aromatic N) is 4. The van der Waals surface area contributed by atoms with Crippen molar-refractivity contribution in [2.75, 3.05) is 19.5 Å². The van der Waals surface area contributed by atoms with E-state index in [4.69, 9.17) is 19.9 Å². The fourth-order valence-corrected chi connectivity index (χ4v) is 5.11. The Hall–Kier alpha value is -2.16. The molecule has 0 spiro atoms. The Bertz CT molecular complexity index is 1200. The van der Waals surface area contributed by atoms with Crippen LogP contribution in [0.25, 0.3) is 11.2 Å². The highest BCUT2D eigenvalue weighted by molar-refractivity contribution is 9.10. The first-order chi connectivity index (χ1) is 15.3. The standard InChI is InChI=1S/C19H22BrN5O6S/c1-10(32(27,28)12-5-3-11(20)4-6-12)30-16-15(29-2)13(7-26)31-19(16)25-9-24-14-17(21)22-8-23-18(14)25/h3-6,8-10,13,15-16,19,26H,7H2,1-2H3,(H2,21,22,23)/t10?,13-,15-,16-,19-/m1/s1. The molecule has 3 aromatic rings. The van der Waals surface area contributed by atoms with E-state index in [1.807, 2.05) is 0 Å². The maximum atomic E-state index is 13.1. The Labute approximate surface area is 192 Å². The lowest BCUT2D eigenvalue weighted by molar-refractivity contribution is -0.0790. The molecule has 0 amide bonds. The van der Waals surface area contributed by atoms with E-state index in [0.29, 0.717) is 11.2 Å². The fraction of sp³-hybridized carbons (Fsp3) is 0.421. The van der Waals surface area contributed by atoms with Crippen molar-refractivity contribution in [3.63, 3.8) is 0 Å². The third-order valence-corrected chi connectivity index (χ3v) is 7.77. The van der Waals surface area contributed by atoms with Crippen molar-refractivity contribution in [1.82, 2.24) is 19.5 Å². The lowest BCUT2D eigenvalue weighted by Gasteiger charge is -2.27. The van der Waals surface area contributed by atoms with E-state index in [9.17, 15) is 13.5 Å². The summed E-state index contributed by atoms with van der Waals surface area (Å²) in [7, 11) is -2.39. The lowest BCUT2D eigenvalue weighted by Crippen LogP contribution is -2.40. The summed E-state index contributed by atoms with van der Waals surface area (Å²) in [6, 6.07) is 6.27. The number of benzene rings is 1. The van der Waals surface area contributed by atoms with Crippen LogP contribution in [0.2, 0.25) is 0 Å². The first-order valence-electron chi connectivity index (χ1n) is 9.65. The number of anilines is 1. The Morgan fingerprint density at radius 2 is 1.97 bits per heavy atom. The Morgan fingerprint density at radius 3 is 2.62 bits per heavy atom. The molecular weight excluding hydrogens is 506 g/mol. The van der Waals surface area contributed by atoms with Crippen LogP contribution in [0.4, 0.5) is 5.82 Å². The summed E-state index contributed by atoms with van der Waals surface area (Å²) in [5.41, 5.74) is 5.39. The lowest BCUT2D eigenvalue weighted by atomic mass is 10.1. The number of rotatable bonds is 7. The highest BCUT2D eigenvalue weighted by atomic mass is 79.9. The van der Waals surface area contributed by atoms with Crippen LogP contribution in [0.3, 0.4) is 0 Å². The van der Waals surface area contributed by atoms with Crippen LogP contribution >= 0.6 is 15.9 Å². The Morgan fingerprint density at radius 1 is 1.25 bits per heavy atom. The second-order valence-electron chi connectivity index (χ2n) is 7.20. The number of hydrogen-bond acceptors (Lipinski definition) is 10. The van der Waals surface area contributed by atoms with Crippen LogP contribution in [0.1, 0.15) is 13.2 Å².